The van der Waals surface area contributed by atoms with E-state index in [0.29, 0.717) is 5.92 Å². The van der Waals surface area contributed by atoms with Crippen molar-refractivity contribution in [1.29, 1.82) is 0 Å². The van der Waals surface area contributed by atoms with E-state index in [-0.39, 0.29) is 0 Å². The fraction of sp³-hybridized carbons (Fsp3) is 0.462. The average molecular weight is 177 g/mol. The van der Waals surface area contributed by atoms with Gasteiger partial charge in [-0.15, -0.1) is 13.2 Å². The molecule has 0 aliphatic heterocycles. The number of hydrogen-bond donors (Lipinski definition) is 0. The molecule has 0 aromatic rings. The molecule has 73 valence electrons. The van der Waals surface area contributed by atoms with Crippen molar-refractivity contribution in [1.82, 2.24) is 0 Å². The van der Waals surface area contributed by atoms with Gasteiger partial charge in [-0.05, 0) is 38.5 Å². The first-order valence-electron chi connectivity index (χ1n) is 4.93. The average Bonchev–Trinajstić information content (AvgIpc) is 2.14. The van der Waals surface area contributed by atoms with Crippen LogP contribution in [0.4, 0.5) is 0 Å². The topological polar surface area (TPSA) is 0 Å². The Bertz CT molecular complexity index is 174. The Hall–Kier alpha value is -0.780. The molecule has 0 nitrogen and oxygen atoms in total. The second kappa shape index (κ2) is 7.85. The highest BCUT2D eigenvalue weighted by Gasteiger charge is 1.96. The minimum Gasteiger partial charge on any atom is -0.103 e. The molecule has 0 bridgehead atoms. The van der Waals surface area contributed by atoms with Crippen LogP contribution in [0.25, 0.3) is 0 Å². The first-order valence-corrected chi connectivity index (χ1v) is 4.93. The van der Waals surface area contributed by atoms with Crippen molar-refractivity contribution in [2.24, 2.45) is 5.92 Å². The standard InChI is InChI=1S/C13H21/c1-5-7-8-9-13(4)11-10-12(3)6-2/h5-7,9,12H,1-2,8,10-11H2,3-4H3/b13-9+. The van der Waals surface area contributed by atoms with Gasteiger partial charge in [0.25, 0.3) is 0 Å². The first kappa shape index (κ1) is 12.2. The molecule has 0 aliphatic rings. The summed E-state index contributed by atoms with van der Waals surface area (Å²) in [5, 5.41) is 0. The van der Waals surface area contributed by atoms with Crippen LogP contribution >= 0.6 is 0 Å². The van der Waals surface area contributed by atoms with Crippen LogP contribution in [0.5, 0.6) is 0 Å². The molecule has 0 saturated heterocycles. The summed E-state index contributed by atoms with van der Waals surface area (Å²) >= 11 is 0. The molecule has 1 radical (unpaired) electrons. The highest BCUT2D eigenvalue weighted by Crippen LogP contribution is 2.12. The van der Waals surface area contributed by atoms with Crippen LogP contribution < -0.4 is 0 Å². The molecular weight excluding hydrogens is 156 g/mol. The normalized spacial score (nSPS) is 13.8. The van der Waals surface area contributed by atoms with Crippen LogP contribution in [0.2, 0.25) is 0 Å². The van der Waals surface area contributed by atoms with Crippen molar-refractivity contribution in [2.45, 2.75) is 33.1 Å². The Labute approximate surface area is 83.0 Å². The zero-order valence-corrected chi connectivity index (χ0v) is 8.92. The molecule has 0 spiro atoms. The predicted octanol–water partition coefficient (Wildman–Crippen LogP) is 4.32. The molecule has 1 unspecified atom stereocenters. The van der Waals surface area contributed by atoms with E-state index < -0.39 is 0 Å². The van der Waals surface area contributed by atoms with Crippen molar-refractivity contribution in [3.8, 4) is 0 Å². The van der Waals surface area contributed by atoms with Gasteiger partial charge in [-0.3, -0.25) is 0 Å². The lowest BCUT2D eigenvalue weighted by atomic mass is 10.0. The summed E-state index contributed by atoms with van der Waals surface area (Å²) in [6.07, 6.45) is 11.6. The summed E-state index contributed by atoms with van der Waals surface area (Å²) in [7, 11) is 0. The van der Waals surface area contributed by atoms with Crippen LogP contribution in [-0.4, -0.2) is 0 Å². The third-order valence-electron chi connectivity index (χ3n) is 2.17. The van der Waals surface area contributed by atoms with Crippen LogP contribution in [0.15, 0.2) is 37.0 Å². The van der Waals surface area contributed by atoms with Crippen molar-refractivity contribution in [3.63, 3.8) is 0 Å². The maximum absolute atomic E-state index is 3.78. The van der Waals surface area contributed by atoms with Crippen LogP contribution in [-0.2, 0) is 0 Å². The van der Waals surface area contributed by atoms with Crippen LogP contribution in [0, 0.1) is 12.3 Å². The van der Waals surface area contributed by atoms with Gasteiger partial charge in [-0.25, -0.2) is 0 Å². The molecule has 0 aromatic heterocycles. The Morgan fingerprint density at radius 3 is 2.62 bits per heavy atom. The molecule has 0 amide bonds. The first-order chi connectivity index (χ1) is 6.20. The summed E-state index contributed by atoms with van der Waals surface area (Å²) in [5.41, 5.74) is 1.46. The third-order valence-corrected chi connectivity index (χ3v) is 2.17. The van der Waals surface area contributed by atoms with Crippen LogP contribution in [0.3, 0.4) is 0 Å². The summed E-state index contributed by atoms with van der Waals surface area (Å²) in [6.45, 7) is 11.8. The van der Waals surface area contributed by atoms with Crippen molar-refractivity contribution < 1.29 is 0 Å². The number of allylic oxidation sites excluding steroid dienone is 4. The number of unbranched alkanes of at least 4 members (excludes halogenated alkanes) is 1. The highest BCUT2D eigenvalue weighted by atomic mass is 14.0. The minimum absolute atomic E-state index is 0.631. The number of rotatable bonds is 7. The molecule has 0 N–H and O–H groups in total. The Morgan fingerprint density at radius 1 is 1.38 bits per heavy atom. The largest absolute Gasteiger partial charge is 0.103 e. The summed E-state index contributed by atoms with van der Waals surface area (Å²) in [4.78, 5) is 0. The molecule has 0 saturated carbocycles. The van der Waals surface area contributed by atoms with E-state index in [2.05, 4.69) is 39.5 Å². The van der Waals surface area contributed by atoms with Crippen molar-refractivity contribution >= 4 is 0 Å². The highest BCUT2D eigenvalue weighted by molar-refractivity contribution is 5.03. The fourth-order valence-electron chi connectivity index (χ4n) is 1.04. The van der Waals surface area contributed by atoms with Gasteiger partial charge >= 0.3 is 0 Å². The molecule has 0 fully saturated rings. The quantitative estimate of drug-likeness (QED) is 0.401. The smallest absolute Gasteiger partial charge is 0.0136 e. The van der Waals surface area contributed by atoms with Gasteiger partial charge in [0.05, 0.1) is 0 Å². The van der Waals surface area contributed by atoms with Crippen molar-refractivity contribution in [2.75, 3.05) is 0 Å². The maximum atomic E-state index is 3.78. The molecular formula is C13H21. The molecule has 0 aliphatic carbocycles. The van der Waals surface area contributed by atoms with Crippen molar-refractivity contribution in [3.05, 3.63) is 43.4 Å². The van der Waals surface area contributed by atoms with E-state index in [1.54, 1.807) is 0 Å². The van der Waals surface area contributed by atoms with Gasteiger partial charge < -0.3 is 0 Å². The lowest BCUT2D eigenvalue weighted by Gasteiger charge is -2.05. The zero-order chi connectivity index (χ0) is 10.1. The fourth-order valence-corrected chi connectivity index (χ4v) is 1.04. The van der Waals surface area contributed by atoms with Gasteiger partial charge in [-0.1, -0.05) is 30.7 Å². The molecule has 1 atom stereocenters. The van der Waals surface area contributed by atoms with E-state index in [0.717, 1.165) is 6.42 Å². The SMILES string of the molecule is C=C[CH]C/C=C(\C)CCC(C)C=C. The van der Waals surface area contributed by atoms with E-state index in [1.165, 1.54) is 18.4 Å². The molecule has 0 heteroatoms. The van der Waals surface area contributed by atoms with E-state index >= 15 is 0 Å². The molecule has 0 heterocycles. The second-order valence-electron chi connectivity index (χ2n) is 3.51. The van der Waals surface area contributed by atoms with E-state index in [9.17, 15) is 0 Å². The summed E-state index contributed by atoms with van der Waals surface area (Å²) < 4.78 is 0. The summed E-state index contributed by atoms with van der Waals surface area (Å²) in [6, 6.07) is 0. The third kappa shape index (κ3) is 7.58. The van der Waals surface area contributed by atoms with E-state index in [1.807, 2.05) is 12.2 Å². The maximum Gasteiger partial charge on any atom is -0.0136 e. The van der Waals surface area contributed by atoms with E-state index in [4.69, 9.17) is 0 Å². The Balaban J connectivity index is 3.59. The second-order valence-corrected chi connectivity index (χ2v) is 3.51. The van der Waals surface area contributed by atoms with Gasteiger partial charge in [0.1, 0.15) is 0 Å². The summed E-state index contributed by atoms with van der Waals surface area (Å²) in [5.74, 6) is 0.631. The molecule has 0 aromatic carbocycles. The Morgan fingerprint density at radius 2 is 2.08 bits per heavy atom. The van der Waals surface area contributed by atoms with Gasteiger partial charge in [0, 0.05) is 0 Å². The molecule has 13 heavy (non-hydrogen) atoms. The predicted molar refractivity (Wildman–Crippen MR) is 61.5 cm³/mol. The van der Waals surface area contributed by atoms with Crippen LogP contribution in [0.1, 0.15) is 33.1 Å². The lowest BCUT2D eigenvalue weighted by Crippen LogP contribution is -1.89. The van der Waals surface area contributed by atoms with Gasteiger partial charge in [-0.2, -0.15) is 0 Å². The Kier molecular flexibility index (Phi) is 7.38. The molecule has 0 rings (SSSR count). The minimum atomic E-state index is 0.631. The monoisotopic (exact) mass is 177 g/mol. The van der Waals surface area contributed by atoms with Gasteiger partial charge in [0.15, 0.2) is 0 Å². The van der Waals surface area contributed by atoms with Gasteiger partial charge in [0.2, 0.25) is 0 Å². The number of hydrogen-bond acceptors (Lipinski definition) is 0. The zero-order valence-electron chi connectivity index (χ0n) is 8.92. The lowest BCUT2D eigenvalue weighted by molar-refractivity contribution is 0.645.